The largest absolute Gasteiger partial charge is 0.332 e. The molecule has 1 fully saturated rings. The molecule has 1 aromatic carbocycles. The lowest BCUT2D eigenvalue weighted by atomic mass is 10.2. The first-order valence-corrected chi connectivity index (χ1v) is 8.40. The Morgan fingerprint density at radius 2 is 2.19 bits per heavy atom. The molecule has 1 N–H and O–H groups in total. The molecule has 1 aromatic heterocycles. The molecular weight excluding hydrogens is 308 g/mol. The molecule has 2 amide bonds. The van der Waals surface area contributed by atoms with Crippen molar-refractivity contribution in [3.8, 4) is 0 Å². The van der Waals surface area contributed by atoms with Crippen LogP contribution in [0.2, 0.25) is 5.02 Å². The zero-order valence-electron chi connectivity index (χ0n) is 11.8. The second kappa shape index (κ2) is 6.15. The van der Waals surface area contributed by atoms with Crippen molar-refractivity contribution in [2.75, 3.05) is 24.6 Å². The summed E-state index contributed by atoms with van der Waals surface area (Å²) in [6.07, 6.45) is 0. The number of hydrogen-bond donors (Lipinski definition) is 1. The number of hydrogen-bond acceptors (Lipinski definition) is 3. The third-order valence-electron chi connectivity index (χ3n) is 3.60. The Bertz CT molecular complexity index is 666. The van der Waals surface area contributed by atoms with Gasteiger partial charge in [-0.25, -0.2) is 4.79 Å². The molecule has 2 aromatic rings. The molecule has 3 rings (SSSR count). The highest BCUT2D eigenvalue weighted by atomic mass is 35.5. The van der Waals surface area contributed by atoms with E-state index in [0.717, 1.165) is 41.2 Å². The zero-order chi connectivity index (χ0) is 14.8. The van der Waals surface area contributed by atoms with Gasteiger partial charge in [-0.05, 0) is 12.1 Å². The maximum Gasteiger partial charge on any atom is 0.317 e. The highest BCUT2D eigenvalue weighted by molar-refractivity contribution is 7.99. The van der Waals surface area contributed by atoms with E-state index in [1.165, 1.54) is 0 Å². The molecule has 0 radical (unpaired) electrons. The van der Waals surface area contributed by atoms with Crippen LogP contribution in [0.4, 0.5) is 4.79 Å². The molecule has 0 saturated carbocycles. The fraction of sp³-hybridized carbons (Fsp3) is 0.429. The number of aryl methyl sites for hydroxylation is 1. The zero-order valence-corrected chi connectivity index (χ0v) is 13.4. The van der Waals surface area contributed by atoms with Crippen molar-refractivity contribution in [1.29, 1.82) is 0 Å². The SMILES string of the molecule is Cn1nc(CNC(=O)N2CCSCC2)c2c(Cl)cccc21. The highest BCUT2D eigenvalue weighted by Crippen LogP contribution is 2.26. The summed E-state index contributed by atoms with van der Waals surface area (Å²) in [5.41, 5.74) is 1.78. The van der Waals surface area contributed by atoms with Crippen molar-refractivity contribution in [3.63, 3.8) is 0 Å². The number of thioether (sulfide) groups is 1. The molecule has 0 bridgehead atoms. The topological polar surface area (TPSA) is 50.2 Å². The molecule has 0 spiro atoms. The molecule has 0 atom stereocenters. The van der Waals surface area contributed by atoms with E-state index in [4.69, 9.17) is 11.6 Å². The summed E-state index contributed by atoms with van der Waals surface area (Å²) < 4.78 is 1.79. The summed E-state index contributed by atoms with van der Waals surface area (Å²) in [7, 11) is 1.88. The maximum absolute atomic E-state index is 12.1. The summed E-state index contributed by atoms with van der Waals surface area (Å²) in [4.78, 5) is 14.0. The van der Waals surface area contributed by atoms with E-state index in [2.05, 4.69) is 10.4 Å². The first kappa shape index (κ1) is 14.5. The van der Waals surface area contributed by atoms with Gasteiger partial charge in [0.05, 0.1) is 22.8 Å². The predicted molar refractivity (Wildman–Crippen MR) is 86.9 cm³/mol. The summed E-state index contributed by atoms with van der Waals surface area (Å²) in [5.74, 6) is 2.01. The van der Waals surface area contributed by atoms with Crippen LogP contribution in [0.5, 0.6) is 0 Å². The standard InChI is InChI=1S/C14H17ClN4OS/c1-18-12-4-2-3-10(15)13(12)11(17-18)9-16-14(20)19-5-7-21-8-6-19/h2-4H,5-9H2,1H3,(H,16,20). The van der Waals surface area contributed by atoms with Crippen LogP contribution >= 0.6 is 23.4 Å². The van der Waals surface area contributed by atoms with Gasteiger partial charge in [0.15, 0.2) is 0 Å². The Morgan fingerprint density at radius 1 is 1.43 bits per heavy atom. The summed E-state index contributed by atoms with van der Waals surface area (Å²) in [6.45, 7) is 2.00. The van der Waals surface area contributed by atoms with Crippen LogP contribution in [0.25, 0.3) is 10.9 Å². The number of aromatic nitrogens is 2. The fourth-order valence-electron chi connectivity index (χ4n) is 2.51. The van der Waals surface area contributed by atoms with Gasteiger partial charge in [-0.1, -0.05) is 17.7 Å². The van der Waals surface area contributed by atoms with Crippen LogP contribution in [-0.4, -0.2) is 45.3 Å². The summed E-state index contributed by atoms with van der Waals surface area (Å²) in [5, 5.41) is 8.99. The molecule has 1 aliphatic rings. The Kier molecular flexibility index (Phi) is 4.26. The molecular formula is C14H17ClN4OS. The number of nitrogens with one attached hydrogen (secondary N) is 1. The van der Waals surface area contributed by atoms with Crippen molar-refractivity contribution in [3.05, 3.63) is 28.9 Å². The van der Waals surface area contributed by atoms with Crippen molar-refractivity contribution < 1.29 is 4.79 Å². The van der Waals surface area contributed by atoms with Crippen molar-refractivity contribution >= 4 is 40.3 Å². The molecule has 1 saturated heterocycles. The number of rotatable bonds is 2. The number of fused-ring (bicyclic) bond motifs is 1. The third-order valence-corrected chi connectivity index (χ3v) is 4.86. The molecule has 0 aliphatic carbocycles. The Balaban J connectivity index is 1.75. The summed E-state index contributed by atoms with van der Waals surface area (Å²) >= 11 is 8.14. The second-order valence-electron chi connectivity index (χ2n) is 4.96. The molecule has 112 valence electrons. The predicted octanol–water partition coefficient (Wildman–Crippen LogP) is 2.49. The number of carbonyl (C=O) groups excluding carboxylic acids is 1. The smallest absolute Gasteiger partial charge is 0.317 e. The van der Waals surface area contributed by atoms with E-state index in [0.29, 0.717) is 11.6 Å². The van der Waals surface area contributed by atoms with Crippen LogP contribution in [0, 0.1) is 0 Å². The minimum absolute atomic E-state index is 0.0267. The Labute approximate surface area is 132 Å². The van der Waals surface area contributed by atoms with E-state index < -0.39 is 0 Å². The lowest BCUT2D eigenvalue weighted by molar-refractivity contribution is 0.202. The van der Waals surface area contributed by atoms with E-state index in [9.17, 15) is 4.79 Å². The first-order chi connectivity index (χ1) is 10.2. The van der Waals surface area contributed by atoms with Gasteiger partial charge in [-0.2, -0.15) is 16.9 Å². The molecule has 0 unspecified atom stereocenters. The van der Waals surface area contributed by atoms with E-state index in [1.54, 1.807) is 4.68 Å². The number of carbonyl (C=O) groups is 1. The minimum atomic E-state index is -0.0267. The van der Waals surface area contributed by atoms with Gasteiger partial charge in [0.1, 0.15) is 0 Å². The monoisotopic (exact) mass is 324 g/mol. The maximum atomic E-state index is 12.1. The van der Waals surface area contributed by atoms with E-state index >= 15 is 0 Å². The molecule has 7 heteroatoms. The van der Waals surface area contributed by atoms with Gasteiger partial charge in [-0.15, -0.1) is 0 Å². The Morgan fingerprint density at radius 3 is 2.95 bits per heavy atom. The van der Waals surface area contributed by atoms with Crippen molar-refractivity contribution in [2.24, 2.45) is 7.05 Å². The second-order valence-corrected chi connectivity index (χ2v) is 6.59. The minimum Gasteiger partial charge on any atom is -0.332 e. The summed E-state index contributed by atoms with van der Waals surface area (Å²) in [6, 6.07) is 5.70. The number of nitrogens with zero attached hydrogens (tertiary/aromatic N) is 3. The average Bonchev–Trinajstić information content (AvgIpc) is 2.84. The van der Waals surface area contributed by atoms with E-state index in [1.807, 2.05) is 41.9 Å². The van der Waals surface area contributed by atoms with Crippen LogP contribution in [0.15, 0.2) is 18.2 Å². The number of amides is 2. The molecule has 21 heavy (non-hydrogen) atoms. The van der Waals surface area contributed by atoms with Crippen LogP contribution in [0.1, 0.15) is 5.69 Å². The lowest BCUT2D eigenvalue weighted by Crippen LogP contribution is -2.44. The average molecular weight is 325 g/mol. The van der Waals surface area contributed by atoms with Crippen LogP contribution in [0.3, 0.4) is 0 Å². The van der Waals surface area contributed by atoms with Crippen LogP contribution in [-0.2, 0) is 13.6 Å². The van der Waals surface area contributed by atoms with Gasteiger partial charge >= 0.3 is 6.03 Å². The van der Waals surface area contributed by atoms with Crippen molar-refractivity contribution in [2.45, 2.75) is 6.54 Å². The molecule has 1 aliphatic heterocycles. The Hall–Kier alpha value is -1.40. The number of urea groups is 1. The van der Waals surface area contributed by atoms with Crippen molar-refractivity contribution in [1.82, 2.24) is 20.0 Å². The van der Waals surface area contributed by atoms with Crippen LogP contribution < -0.4 is 5.32 Å². The van der Waals surface area contributed by atoms with Gasteiger partial charge in [0.2, 0.25) is 0 Å². The van der Waals surface area contributed by atoms with Gasteiger partial charge in [0, 0.05) is 37.0 Å². The quantitative estimate of drug-likeness (QED) is 0.923. The van der Waals surface area contributed by atoms with Gasteiger partial charge in [-0.3, -0.25) is 4.68 Å². The molecule has 5 nitrogen and oxygen atoms in total. The fourth-order valence-corrected chi connectivity index (χ4v) is 3.70. The lowest BCUT2D eigenvalue weighted by Gasteiger charge is -2.26. The highest BCUT2D eigenvalue weighted by Gasteiger charge is 2.18. The third kappa shape index (κ3) is 2.96. The van der Waals surface area contributed by atoms with Gasteiger partial charge in [0.25, 0.3) is 0 Å². The van der Waals surface area contributed by atoms with Gasteiger partial charge < -0.3 is 10.2 Å². The number of halogens is 1. The van der Waals surface area contributed by atoms with E-state index in [-0.39, 0.29) is 6.03 Å². The normalized spacial score (nSPS) is 15.4. The molecule has 2 heterocycles. The first-order valence-electron chi connectivity index (χ1n) is 6.87. The number of benzene rings is 1.